The van der Waals surface area contributed by atoms with E-state index in [0.29, 0.717) is 17.2 Å². The standard InChI is InChI=1S/C26H22FN3O4S/c27-23-8-4-5-9-25(23)35(32,33)30-24(18-19-6-2-1-3-7-19)26(31)29-20-10-12-21(13-11-20)34-22-14-16-28-17-15-22/h1-17,24,30H,18H2,(H,29,31). The number of halogens is 1. The lowest BCUT2D eigenvalue weighted by Gasteiger charge is -2.19. The van der Waals surface area contributed by atoms with E-state index in [0.717, 1.165) is 17.7 Å². The highest BCUT2D eigenvalue weighted by Crippen LogP contribution is 2.23. The van der Waals surface area contributed by atoms with Gasteiger partial charge < -0.3 is 10.1 Å². The molecule has 0 bridgehead atoms. The molecule has 1 amide bonds. The highest BCUT2D eigenvalue weighted by Gasteiger charge is 2.28. The van der Waals surface area contributed by atoms with Crippen molar-refractivity contribution in [1.82, 2.24) is 9.71 Å². The summed E-state index contributed by atoms with van der Waals surface area (Å²) in [5, 5.41) is 2.72. The van der Waals surface area contributed by atoms with Gasteiger partial charge >= 0.3 is 0 Å². The number of hydrogen-bond acceptors (Lipinski definition) is 5. The largest absolute Gasteiger partial charge is 0.457 e. The molecule has 0 radical (unpaired) electrons. The Hall–Kier alpha value is -4.08. The summed E-state index contributed by atoms with van der Waals surface area (Å²) >= 11 is 0. The average Bonchev–Trinajstić information content (AvgIpc) is 2.86. The minimum atomic E-state index is -4.30. The lowest BCUT2D eigenvalue weighted by atomic mass is 10.1. The van der Waals surface area contributed by atoms with Crippen molar-refractivity contribution in [2.75, 3.05) is 5.32 Å². The van der Waals surface area contributed by atoms with E-state index < -0.39 is 32.7 Å². The predicted molar refractivity (Wildman–Crippen MR) is 130 cm³/mol. The molecule has 0 aliphatic rings. The molecule has 0 aliphatic heterocycles. The summed E-state index contributed by atoms with van der Waals surface area (Å²) < 4.78 is 48.0. The van der Waals surface area contributed by atoms with Gasteiger partial charge in [0.05, 0.1) is 0 Å². The fourth-order valence-electron chi connectivity index (χ4n) is 3.33. The van der Waals surface area contributed by atoms with Crippen LogP contribution >= 0.6 is 0 Å². The Morgan fingerprint density at radius 3 is 2.17 bits per heavy atom. The lowest BCUT2D eigenvalue weighted by Crippen LogP contribution is -2.45. The van der Waals surface area contributed by atoms with Gasteiger partial charge in [0, 0.05) is 18.1 Å². The van der Waals surface area contributed by atoms with Crippen molar-refractivity contribution >= 4 is 21.6 Å². The molecule has 1 heterocycles. The Labute approximate surface area is 202 Å². The van der Waals surface area contributed by atoms with Crippen molar-refractivity contribution in [2.24, 2.45) is 0 Å². The SMILES string of the molecule is O=C(Nc1ccc(Oc2ccncc2)cc1)C(Cc1ccccc1)NS(=O)(=O)c1ccccc1F. The molecule has 178 valence electrons. The Morgan fingerprint density at radius 1 is 0.857 bits per heavy atom. The van der Waals surface area contributed by atoms with E-state index in [1.807, 2.05) is 6.07 Å². The average molecular weight is 492 g/mol. The number of aromatic nitrogens is 1. The van der Waals surface area contributed by atoms with Gasteiger partial charge in [0.25, 0.3) is 0 Å². The number of rotatable bonds is 9. The fraction of sp³-hybridized carbons (Fsp3) is 0.0769. The Kier molecular flexibility index (Phi) is 7.49. The fourth-order valence-corrected chi connectivity index (χ4v) is 4.60. The molecule has 0 saturated heterocycles. The quantitative estimate of drug-likeness (QED) is 0.358. The number of carbonyl (C=O) groups excluding carboxylic acids is 1. The molecule has 7 nitrogen and oxygen atoms in total. The summed E-state index contributed by atoms with van der Waals surface area (Å²) in [7, 11) is -4.30. The zero-order valence-corrected chi connectivity index (χ0v) is 19.3. The van der Waals surface area contributed by atoms with Gasteiger partial charge in [0.2, 0.25) is 15.9 Å². The minimum Gasteiger partial charge on any atom is -0.457 e. The van der Waals surface area contributed by atoms with Crippen LogP contribution in [-0.4, -0.2) is 25.4 Å². The first-order chi connectivity index (χ1) is 16.9. The first kappa shape index (κ1) is 24.1. The third-order valence-electron chi connectivity index (χ3n) is 5.03. The van der Waals surface area contributed by atoms with Crippen LogP contribution in [-0.2, 0) is 21.2 Å². The van der Waals surface area contributed by atoms with Gasteiger partial charge in [-0.2, -0.15) is 4.72 Å². The molecule has 0 aliphatic carbocycles. The van der Waals surface area contributed by atoms with Crippen LogP contribution in [0.25, 0.3) is 0 Å². The highest BCUT2D eigenvalue weighted by molar-refractivity contribution is 7.89. The summed E-state index contributed by atoms with van der Waals surface area (Å²) in [5.74, 6) is -0.322. The number of sulfonamides is 1. The molecule has 0 saturated carbocycles. The van der Waals surface area contributed by atoms with E-state index in [9.17, 15) is 17.6 Å². The van der Waals surface area contributed by atoms with Crippen molar-refractivity contribution in [3.63, 3.8) is 0 Å². The number of amides is 1. The van der Waals surface area contributed by atoms with Gasteiger partial charge in [-0.3, -0.25) is 9.78 Å². The number of benzene rings is 3. The van der Waals surface area contributed by atoms with E-state index in [1.165, 1.54) is 12.1 Å². The second-order valence-electron chi connectivity index (χ2n) is 7.59. The molecular weight excluding hydrogens is 469 g/mol. The van der Waals surface area contributed by atoms with Crippen LogP contribution in [0.3, 0.4) is 0 Å². The first-order valence-electron chi connectivity index (χ1n) is 10.7. The van der Waals surface area contributed by atoms with Crippen LogP contribution in [0.15, 0.2) is 108 Å². The molecular formula is C26H22FN3O4S. The molecule has 2 N–H and O–H groups in total. The molecule has 35 heavy (non-hydrogen) atoms. The van der Waals surface area contributed by atoms with Gasteiger partial charge in [-0.15, -0.1) is 0 Å². The minimum absolute atomic E-state index is 0.0730. The van der Waals surface area contributed by atoms with E-state index in [-0.39, 0.29) is 6.42 Å². The zero-order valence-electron chi connectivity index (χ0n) is 18.5. The van der Waals surface area contributed by atoms with Crippen molar-refractivity contribution < 1.29 is 22.3 Å². The van der Waals surface area contributed by atoms with Crippen molar-refractivity contribution in [3.05, 3.63) is 115 Å². The number of nitrogens with one attached hydrogen (secondary N) is 2. The van der Waals surface area contributed by atoms with Crippen molar-refractivity contribution in [1.29, 1.82) is 0 Å². The van der Waals surface area contributed by atoms with Crippen LogP contribution in [0.2, 0.25) is 0 Å². The van der Waals surface area contributed by atoms with Crippen LogP contribution in [0, 0.1) is 5.82 Å². The maximum Gasteiger partial charge on any atom is 0.244 e. The van der Waals surface area contributed by atoms with Crippen LogP contribution in [0.5, 0.6) is 11.5 Å². The number of anilines is 1. The normalized spacial score (nSPS) is 12.0. The van der Waals surface area contributed by atoms with Gasteiger partial charge in [-0.05, 0) is 60.5 Å². The molecule has 4 aromatic rings. The molecule has 1 unspecified atom stereocenters. The van der Waals surface area contributed by atoms with Gasteiger partial charge in [-0.1, -0.05) is 42.5 Å². The molecule has 1 atom stereocenters. The first-order valence-corrected chi connectivity index (χ1v) is 12.2. The predicted octanol–water partition coefficient (Wildman–Crippen LogP) is 4.54. The second-order valence-corrected chi connectivity index (χ2v) is 9.28. The van der Waals surface area contributed by atoms with Crippen LogP contribution < -0.4 is 14.8 Å². The number of carbonyl (C=O) groups is 1. The zero-order chi connectivity index (χ0) is 24.7. The van der Waals surface area contributed by atoms with E-state index in [1.54, 1.807) is 73.1 Å². The van der Waals surface area contributed by atoms with Gasteiger partial charge in [0.15, 0.2) is 0 Å². The lowest BCUT2D eigenvalue weighted by molar-refractivity contribution is -0.117. The topological polar surface area (TPSA) is 97.4 Å². The molecule has 0 fully saturated rings. The summed E-state index contributed by atoms with van der Waals surface area (Å²) in [6.45, 7) is 0. The molecule has 1 aromatic heterocycles. The third kappa shape index (κ3) is 6.50. The summed E-state index contributed by atoms with van der Waals surface area (Å²) in [5.41, 5.74) is 1.19. The van der Waals surface area contributed by atoms with Crippen LogP contribution in [0.1, 0.15) is 5.56 Å². The summed E-state index contributed by atoms with van der Waals surface area (Å²) in [4.78, 5) is 16.5. The van der Waals surface area contributed by atoms with Crippen molar-refractivity contribution in [3.8, 4) is 11.5 Å². The van der Waals surface area contributed by atoms with Gasteiger partial charge in [-0.25, -0.2) is 12.8 Å². The Balaban J connectivity index is 1.51. The van der Waals surface area contributed by atoms with E-state index >= 15 is 0 Å². The number of pyridine rings is 1. The monoisotopic (exact) mass is 491 g/mol. The Bertz CT molecular complexity index is 1380. The third-order valence-corrected chi connectivity index (χ3v) is 6.53. The maximum atomic E-state index is 14.2. The molecule has 9 heteroatoms. The van der Waals surface area contributed by atoms with E-state index in [4.69, 9.17) is 4.74 Å². The number of ether oxygens (including phenoxy) is 1. The van der Waals surface area contributed by atoms with Crippen molar-refractivity contribution in [2.45, 2.75) is 17.4 Å². The highest BCUT2D eigenvalue weighted by atomic mass is 32.2. The number of nitrogens with zero attached hydrogens (tertiary/aromatic N) is 1. The number of hydrogen-bond donors (Lipinski definition) is 2. The molecule has 3 aromatic carbocycles. The molecule has 0 spiro atoms. The van der Waals surface area contributed by atoms with Crippen LogP contribution in [0.4, 0.5) is 10.1 Å². The van der Waals surface area contributed by atoms with Gasteiger partial charge in [0.1, 0.15) is 28.3 Å². The maximum absolute atomic E-state index is 14.2. The summed E-state index contributed by atoms with van der Waals surface area (Å²) in [6.07, 6.45) is 3.29. The Morgan fingerprint density at radius 2 is 1.49 bits per heavy atom. The second kappa shape index (κ2) is 10.9. The van der Waals surface area contributed by atoms with E-state index in [2.05, 4.69) is 15.0 Å². The molecule has 4 rings (SSSR count). The smallest absolute Gasteiger partial charge is 0.244 e. The summed E-state index contributed by atoms with van der Waals surface area (Å²) in [6, 6.07) is 22.8.